The highest BCUT2D eigenvalue weighted by atomic mass is 16.5. The van der Waals surface area contributed by atoms with E-state index in [-0.39, 0.29) is 11.3 Å². The zero-order valence-corrected chi connectivity index (χ0v) is 19.9. The number of ether oxygens (including phenoxy) is 2. The van der Waals surface area contributed by atoms with Crippen LogP contribution in [0.2, 0.25) is 0 Å². The maximum absolute atomic E-state index is 13.1. The topological polar surface area (TPSA) is 79.3 Å². The third-order valence-electron chi connectivity index (χ3n) is 5.69. The lowest BCUT2D eigenvalue weighted by Gasteiger charge is -2.26. The first kappa shape index (κ1) is 24.3. The van der Waals surface area contributed by atoms with E-state index in [2.05, 4.69) is 0 Å². The van der Waals surface area contributed by atoms with Crippen molar-refractivity contribution in [1.82, 2.24) is 9.80 Å². The molecule has 1 N–H and O–H groups in total. The molecule has 3 rings (SSSR count). The van der Waals surface area contributed by atoms with E-state index in [4.69, 9.17) is 9.47 Å². The number of hydrogen-bond donors (Lipinski definition) is 1. The van der Waals surface area contributed by atoms with Crippen molar-refractivity contribution in [2.45, 2.75) is 26.3 Å². The van der Waals surface area contributed by atoms with Crippen LogP contribution >= 0.6 is 0 Å². The molecule has 2 aromatic rings. The summed E-state index contributed by atoms with van der Waals surface area (Å²) in [6.45, 7) is 5.41. The summed E-state index contributed by atoms with van der Waals surface area (Å²) in [6.07, 6.45) is 0.888. The van der Waals surface area contributed by atoms with E-state index >= 15 is 0 Å². The zero-order valence-electron chi connectivity index (χ0n) is 19.9. The van der Waals surface area contributed by atoms with Crippen molar-refractivity contribution in [3.05, 3.63) is 64.7 Å². The maximum Gasteiger partial charge on any atom is 0.295 e. The monoisotopic (exact) mass is 452 g/mol. The summed E-state index contributed by atoms with van der Waals surface area (Å²) in [4.78, 5) is 29.6. The van der Waals surface area contributed by atoms with Crippen molar-refractivity contribution in [1.29, 1.82) is 0 Å². The van der Waals surface area contributed by atoms with E-state index in [0.29, 0.717) is 36.8 Å². The number of rotatable bonds is 9. The molecule has 2 aromatic carbocycles. The van der Waals surface area contributed by atoms with Crippen LogP contribution in [0.15, 0.2) is 48.0 Å². The van der Waals surface area contributed by atoms with Crippen LogP contribution < -0.4 is 9.47 Å². The number of likely N-dealkylation sites (N-methyl/N-ethyl adjacent to an activating group) is 1. The molecule has 1 aliphatic rings. The average Bonchev–Trinajstić information content (AvgIpc) is 3.05. The fraction of sp³-hybridized carbons (Fsp3) is 0.385. The van der Waals surface area contributed by atoms with Crippen molar-refractivity contribution in [3.8, 4) is 11.5 Å². The Labute approximate surface area is 195 Å². The average molecular weight is 453 g/mol. The number of likely N-dealkylation sites (tertiary alicyclic amines) is 1. The Morgan fingerprint density at radius 2 is 1.76 bits per heavy atom. The second-order valence-electron chi connectivity index (χ2n) is 8.39. The van der Waals surface area contributed by atoms with Gasteiger partial charge in [0.25, 0.3) is 11.7 Å². The van der Waals surface area contributed by atoms with Crippen LogP contribution in [0.5, 0.6) is 11.5 Å². The quantitative estimate of drug-likeness (QED) is 0.354. The SMILES string of the molecule is CCCOc1ccc(/C(O)=C2/C(=O)C(=O)N(CCN(C)C)C2c2ccc(OC)cc2)c(C)c1. The second-order valence-corrected chi connectivity index (χ2v) is 8.39. The molecular formula is C26H32N2O5. The van der Waals surface area contributed by atoms with Crippen LogP contribution in [-0.2, 0) is 9.59 Å². The highest BCUT2D eigenvalue weighted by Crippen LogP contribution is 2.40. The number of Topliss-reactive ketones (excluding diaryl/α,β-unsaturated/α-hetero) is 1. The summed E-state index contributed by atoms with van der Waals surface area (Å²) in [7, 11) is 5.39. The van der Waals surface area contributed by atoms with Gasteiger partial charge in [-0.15, -0.1) is 0 Å². The van der Waals surface area contributed by atoms with Gasteiger partial charge in [-0.2, -0.15) is 0 Å². The molecule has 7 heteroatoms. The lowest BCUT2D eigenvalue weighted by molar-refractivity contribution is -0.140. The normalized spacial score (nSPS) is 17.6. The number of hydrogen-bond acceptors (Lipinski definition) is 6. The number of nitrogens with zero attached hydrogens (tertiary/aromatic N) is 2. The van der Waals surface area contributed by atoms with Crippen molar-refractivity contribution in [3.63, 3.8) is 0 Å². The Morgan fingerprint density at radius 3 is 2.33 bits per heavy atom. The number of methoxy groups -OCH3 is 1. The van der Waals surface area contributed by atoms with E-state index in [1.807, 2.05) is 51.0 Å². The molecule has 33 heavy (non-hydrogen) atoms. The van der Waals surface area contributed by atoms with Gasteiger partial charge < -0.3 is 24.4 Å². The van der Waals surface area contributed by atoms with Gasteiger partial charge in [0.05, 0.1) is 25.3 Å². The Bertz CT molecular complexity index is 1040. The lowest BCUT2D eigenvalue weighted by atomic mass is 9.94. The smallest absolute Gasteiger partial charge is 0.295 e. The van der Waals surface area contributed by atoms with Gasteiger partial charge in [-0.25, -0.2) is 0 Å². The number of carbonyl (C=O) groups is 2. The fourth-order valence-corrected chi connectivity index (χ4v) is 3.91. The van der Waals surface area contributed by atoms with Gasteiger partial charge in [-0.3, -0.25) is 9.59 Å². The summed E-state index contributed by atoms with van der Waals surface area (Å²) in [6, 6.07) is 11.8. The standard InChI is InChI=1S/C26H32N2O5/c1-6-15-33-20-11-12-21(17(2)16-20)24(29)22-23(18-7-9-19(32-5)10-8-18)28(14-13-27(3)4)26(31)25(22)30/h7-12,16,23,29H,6,13-15H2,1-5H3/b24-22-. The van der Waals surface area contributed by atoms with Crippen LogP contribution in [0.25, 0.3) is 5.76 Å². The summed E-state index contributed by atoms with van der Waals surface area (Å²) in [5, 5.41) is 11.3. The minimum absolute atomic E-state index is 0.0919. The van der Waals surface area contributed by atoms with Gasteiger partial charge >= 0.3 is 0 Å². The van der Waals surface area contributed by atoms with E-state index in [1.165, 1.54) is 4.90 Å². The number of aliphatic hydroxyl groups excluding tert-OH is 1. The Balaban J connectivity index is 2.10. The third kappa shape index (κ3) is 5.20. The fourth-order valence-electron chi connectivity index (χ4n) is 3.91. The van der Waals surface area contributed by atoms with Crippen LogP contribution in [0, 0.1) is 6.92 Å². The van der Waals surface area contributed by atoms with Crippen molar-refractivity contribution in [2.75, 3.05) is 40.9 Å². The third-order valence-corrected chi connectivity index (χ3v) is 5.69. The molecule has 1 saturated heterocycles. The molecule has 0 spiro atoms. The Kier molecular flexibility index (Phi) is 7.76. The van der Waals surface area contributed by atoms with E-state index < -0.39 is 17.7 Å². The number of ketones is 1. The van der Waals surface area contributed by atoms with Gasteiger partial charge in [0, 0.05) is 18.7 Å². The molecule has 7 nitrogen and oxygen atoms in total. The van der Waals surface area contributed by atoms with Crippen molar-refractivity contribution < 1.29 is 24.2 Å². The van der Waals surface area contributed by atoms with Crippen LogP contribution in [0.4, 0.5) is 0 Å². The predicted molar refractivity (Wildman–Crippen MR) is 128 cm³/mol. The molecule has 1 fully saturated rings. The molecule has 1 amide bonds. The summed E-state index contributed by atoms with van der Waals surface area (Å²) in [5.74, 6) is -0.106. The van der Waals surface area contributed by atoms with Gasteiger partial charge in [0.2, 0.25) is 0 Å². The first-order valence-electron chi connectivity index (χ1n) is 11.1. The summed E-state index contributed by atoms with van der Waals surface area (Å²) >= 11 is 0. The molecule has 1 atom stereocenters. The summed E-state index contributed by atoms with van der Waals surface area (Å²) < 4.78 is 10.9. The van der Waals surface area contributed by atoms with Gasteiger partial charge in [0.1, 0.15) is 17.3 Å². The Hall–Kier alpha value is -3.32. The number of amides is 1. The Morgan fingerprint density at radius 1 is 1.09 bits per heavy atom. The molecule has 176 valence electrons. The first-order chi connectivity index (χ1) is 15.8. The molecule has 0 aliphatic carbocycles. The van der Waals surface area contributed by atoms with Gasteiger partial charge in [-0.05, 0) is 68.9 Å². The first-order valence-corrected chi connectivity index (χ1v) is 11.1. The molecule has 1 heterocycles. The minimum atomic E-state index is -0.689. The molecule has 1 aliphatic heterocycles. The summed E-state index contributed by atoms with van der Waals surface area (Å²) in [5.41, 5.74) is 2.09. The van der Waals surface area contributed by atoms with Crippen LogP contribution in [-0.4, -0.2) is 67.5 Å². The predicted octanol–water partition coefficient (Wildman–Crippen LogP) is 3.78. The van der Waals surface area contributed by atoms with E-state index in [1.54, 1.807) is 31.4 Å². The highest BCUT2D eigenvalue weighted by molar-refractivity contribution is 6.46. The number of benzene rings is 2. The molecule has 0 bridgehead atoms. The molecule has 0 saturated carbocycles. The molecule has 0 radical (unpaired) electrons. The number of aryl methyl sites for hydroxylation is 1. The van der Waals surface area contributed by atoms with Gasteiger partial charge in [-0.1, -0.05) is 19.1 Å². The maximum atomic E-state index is 13.1. The van der Waals surface area contributed by atoms with Crippen molar-refractivity contribution >= 4 is 17.4 Å². The van der Waals surface area contributed by atoms with Gasteiger partial charge in [0.15, 0.2) is 0 Å². The number of carbonyl (C=O) groups excluding carboxylic acids is 2. The van der Waals surface area contributed by atoms with Crippen molar-refractivity contribution in [2.24, 2.45) is 0 Å². The number of aliphatic hydroxyl groups is 1. The molecule has 0 aromatic heterocycles. The lowest BCUT2D eigenvalue weighted by Crippen LogP contribution is -2.35. The van der Waals surface area contributed by atoms with E-state index in [9.17, 15) is 14.7 Å². The molecular weight excluding hydrogens is 420 g/mol. The second kappa shape index (κ2) is 10.5. The minimum Gasteiger partial charge on any atom is -0.507 e. The van der Waals surface area contributed by atoms with E-state index in [0.717, 1.165) is 17.5 Å². The van der Waals surface area contributed by atoms with Crippen LogP contribution in [0.1, 0.15) is 36.1 Å². The largest absolute Gasteiger partial charge is 0.507 e. The highest BCUT2D eigenvalue weighted by Gasteiger charge is 2.46. The van der Waals surface area contributed by atoms with Crippen LogP contribution in [0.3, 0.4) is 0 Å². The zero-order chi connectivity index (χ0) is 24.1. The molecule has 1 unspecified atom stereocenters.